The fraction of sp³-hybridized carbons (Fsp3) is 0.533. The highest BCUT2D eigenvalue weighted by Crippen LogP contribution is 2.32. The van der Waals surface area contributed by atoms with Crippen molar-refractivity contribution in [3.63, 3.8) is 0 Å². The summed E-state index contributed by atoms with van der Waals surface area (Å²) in [6.45, 7) is 2.26. The van der Waals surface area contributed by atoms with Crippen LogP contribution in [0, 0.1) is 5.92 Å². The topological polar surface area (TPSA) is 40.5 Å². The molecule has 1 aromatic carbocycles. The van der Waals surface area contributed by atoms with Crippen LogP contribution in [-0.2, 0) is 0 Å². The SMILES string of the molecule is CC1CCCC(N(C)c2ccc(Cl)cc2C(=O)O)C1. The Kier molecular flexibility index (Phi) is 4.35. The number of benzene rings is 1. The standard InChI is InChI=1S/C15H20ClNO2/c1-10-4-3-5-12(8-10)17(2)14-7-6-11(16)9-13(14)15(18)19/h6-7,9-10,12H,3-5,8H2,1-2H3,(H,18,19). The Bertz CT molecular complexity index is 475. The molecule has 4 heteroatoms. The lowest BCUT2D eigenvalue weighted by atomic mass is 9.86. The van der Waals surface area contributed by atoms with Crippen molar-refractivity contribution in [2.75, 3.05) is 11.9 Å². The zero-order valence-electron chi connectivity index (χ0n) is 11.4. The van der Waals surface area contributed by atoms with Crippen molar-refractivity contribution in [2.24, 2.45) is 5.92 Å². The van der Waals surface area contributed by atoms with Gasteiger partial charge in [0, 0.05) is 18.1 Å². The van der Waals surface area contributed by atoms with Crippen LogP contribution in [0.1, 0.15) is 43.0 Å². The van der Waals surface area contributed by atoms with E-state index in [0.717, 1.165) is 18.5 Å². The first-order chi connectivity index (χ1) is 8.99. The first-order valence-electron chi connectivity index (χ1n) is 6.74. The molecule has 3 nitrogen and oxygen atoms in total. The Balaban J connectivity index is 2.27. The van der Waals surface area contributed by atoms with Crippen LogP contribution in [0.2, 0.25) is 5.02 Å². The van der Waals surface area contributed by atoms with Crippen LogP contribution >= 0.6 is 11.6 Å². The normalized spacial score (nSPS) is 23.1. The van der Waals surface area contributed by atoms with Crippen molar-refractivity contribution in [1.29, 1.82) is 0 Å². The summed E-state index contributed by atoms with van der Waals surface area (Å²) in [7, 11) is 1.98. The van der Waals surface area contributed by atoms with Gasteiger partial charge in [-0.1, -0.05) is 31.4 Å². The fourth-order valence-corrected chi connectivity index (χ4v) is 3.11. The summed E-state index contributed by atoms with van der Waals surface area (Å²) in [4.78, 5) is 13.4. The second-order valence-electron chi connectivity index (χ2n) is 5.50. The van der Waals surface area contributed by atoms with E-state index in [-0.39, 0.29) is 5.56 Å². The van der Waals surface area contributed by atoms with E-state index >= 15 is 0 Å². The minimum Gasteiger partial charge on any atom is -0.478 e. The molecule has 1 aromatic rings. The summed E-state index contributed by atoms with van der Waals surface area (Å²) in [5.41, 5.74) is 1.05. The molecule has 0 radical (unpaired) electrons. The van der Waals surface area contributed by atoms with Crippen LogP contribution in [0.3, 0.4) is 0 Å². The van der Waals surface area contributed by atoms with Crippen molar-refractivity contribution in [3.05, 3.63) is 28.8 Å². The molecule has 0 aliphatic heterocycles. The maximum absolute atomic E-state index is 11.3. The molecule has 2 unspecified atom stereocenters. The van der Waals surface area contributed by atoms with E-state index in [2.05, 4.69) is 11.8 Å². The van der Waals surface area contributed by atoms with E-state index in [4.69, 9.17) is 11.6 Å². The van der Waals surface area contributed by atoms with E-state index in [1.54, 1.807) is 6.07 Å². The molecule has 1 N–H and O–H groups in total. The molecule has 2 rings (SSSR count). The monoisotopic (exact) mass is 281 g/mol. The van der Waals surface area contributed by atoms with E-state index in [1.165, 1.54) is 18.9 Å². The number of carboxylic acids is 1. The highest BCUT2D eigenvalue weighted by Gasteiger charge is 2.25. The van der Waals surface area contributed by atoms with Crippen LogP contribution < -0.4 is 4.90 Å². The van der Waals surface area contributed by atoms with Gasteiger partial charge in [-0.25, -0.2) is 4.79 Å². The minimum absolute atomic E-state index is 0.285. The number of hydrogen-bond donors (Lipinski definition) is 1. The molecular formula is C15H20ClNO2. The minimum atomic E-state index is -0.923. The quantitative estimate of drug-likeness (QED) is 0.908. The first-order valence-corrected chi connectivity index (χ1v) is 7.12. The first kappa shape index (κ1) is 14.2. The third kappa shape index (κ3) is 3.21. The second-order valence-corrected chi connectivity index (χ2v) is 5.94. The summed E-state index contributed by atoms with van der Waals surface area (Å²) in [5, 5.41) is 9.77. The smallest absolute Gasteiger partial charge is 0.337 e. The van der Waals surface area contributed by atoms with E-state index < -0.39 is 5.97 Å². The predicted octanol–water partition coefficient (Wildman–Crippen LogP) is 4.05. The Labute approximate surface area is 119 Å². The van der Waals surface area contributed by atoms with E-state index in [1.807, 2.05) is 13.1 Å². The van der Waals surface area contributed by atoms with Crippen LogP contribution in [0.5, 0.6) is 0 Å². The van der Waals surface area contributed by atoms with Gasteiger partial charge in [0.15, 0.2) is 0 Å². The number of carboxylic acid groups (broad SMARTS) is 1. The van der Waals surface area contributed by atoms with Crippen LogP contribution in [-0.4, -0.2) is 24.2 Å². The summed E-state index contributed by atoms with van der Waals surface area (Å²) in [6.07, 6.45) is 4.74. The van der Waals surface area contributed by atoms with Gasteiger partial charge in [0.05, 0.1) is 11.3 Å². The van der Waals surface area contributed by atoms with E-state index in [0.29, 0.717) is 17.0 Å². The molecule has 0 aromatic heterocycles. The van der Waals surface area contributed by atoms with Crippen molar-refractivity contribution in [3.8, 4) is 0 Å². The number of nitrogens with zero attached hydrogens (tertiary/aromatic N) is 1. The average molecular weight is 282 g/mol. The Morgan fingerprint density at radius 1 is 1.42 bits per heavy atom. The zero-order chi connectivity index (χ0) is 14.0. The summed E-state index contributed by atoms with van der Waals surface area (Å²) in [5.74, 6) is -0.213. The fourth-order valence-electron chi connectivity index (χ4n) is 2.94. The maximum Gasteiger partial charge on any atom is 0.337 e. The van der Waals surface area contributed by atoms with Crippen LogP contribution in [0.25, 0.3) is 0 Å². The molecule has 1 fully saturated rings. The third-order valence-corrected chi connectivity index (χ3v) is 4.26. The van der Waals surface area contributed by atoms with E-state index in [9.17, 15) is 9.90 Å². The van der Waals surface area contributed by atoms with Crippen LogP contribution in [0.15, 0.2) is 18.2 Å². The van der Waals surface area contributed by atoms with Gasteiger partial charge < -0.3 is 10.0 Å². The van der Waals surface area contributed by atoms with Crippen LogP contribution in [0.4, 0.5) is 5.69 Å². The lowest BCUT2D eigenvalue weighted by Gasteiger charge is -2.36. The molecule has 0 amide bonds. The van der Waals surface area contributed by atoms with Gasteiger partial charge in [-0.2, -0.15) is 0 Å². The number of hydrogen-bond acceptors (Lipinski definition) is 2. The number of carbonyl (C=O) groups is 1. The molecule has 1 aliphatic rings. The Hall–Kier alpha value is -1.22. The van der Waals surface area contributed by atoms with Crippen molar-refractivity contribution in [1.82, 2.24) is 0 Å². The Morgan fingerprint density at radius 3 is 2.79 bits per heavy atom. The van der Waals surface area contributed by atoms with Gasteiger partial charge in [-0.3, -0.25) is 0 Å². The largest absolute Gasteiger partial charge is 0.478 e. The molecule has 104 valence electrons. The van der Waals surface area contributed by atoms with Gasteiger partial charge in [0.1, 0.15) is 0 Å². The maximum atomic E-state index is 11.3. The van der Waals surface area contributed by atoms with Gasteiger partial charge in [0.25, 0.3) is 0 Å². The van der Waals surface area contributed by atoms with Crippen molar-refractivity contribution in [2.45, 2.75) is 38.6 Å². The third-order valence-electron chi connectivity index (χ3n) is 4.03. The molecule has 0 saturated heterocycles. The molecule has 1 saturated carbocycles. The number of halogens is 1. The highest BCUT2D eigenvalue weighted by atomic mass is 35.5. The number of aromatic carboxylic acids is 1. The average Bonchev–Trinajstić information content (AvgIpc) is 2.37. The number of rotatable bonds is 3. The molecule has 0 bridgehead atoms. The molecular weight excluding hydrogens is 262 g/mol. The molecule has 2 atom stereocenters. The second kappa shape index (κ2) is 5.83. The molecule has 0 spiro atoms. The van der Waals surface area contributed by atoms with Gasteiger partial charge in [-0.15, -0.1) is 0 Å². The lowest BCUT2D eigenvalue weighted by molar-refractivity contribution is 0.0697. The Morgan fingerprint density at radius 2 is 2.16 bits per heavy atom. The van der Waals surface area contributed by atoms with Crippen molar-refractivity contribution < 1.29 is 9.90 Å². The molecule has 19 heavy (non-hydrogen) atoms. The summed E-state index contributed by atoms with van der Waals surface area (Å²) < 4.78 is 0. The molecule has 1 aliphatic carbocycles. The number of anilines is 1. The van der Waals surface area contributed by atoms with Crippen molar-refractivity contribution >= 4 is 23.3 Å². The van der Waals surface area contributed by atoms with Gasteiger partial charge >= 0.3 is 5.97 Å². The summed E-state index contributed by atoms with van der Waals surface area (Å²) >= 11 is 5.89. The lowest BCUT2D eigenvalue weighted by Crippen LogP contribution is -2.36. The van der Waals surface area contributed by atoms with Gasteiger partial charge in [0.2, 0.25) is 0 Å². The highest BCUT2D eigenvalue weighted by molar-refractivity contribution is 6.31. The molecule has 0 heterocycles. The van der Waals surface area contributed by atoms with Gasteiger partial charge in [-0.05, 0) is 37.0 Å². The summed E-state index contributed by atoms with van der Waals surface area (Å²) in [6, 6.07) is 5.52. The zero-order valence-corrected chi connectivity index (χ0v) is 12.2. The predicted molar refractivity (Wildman–Crippen MR) is 78.2 cm³/mol.